The molecule has 1 heterocycles. The highest BCUT2D eigenvalue weighted by Crippen LogP contribution is 2.18. The number of nitrogens with zero attached hydrogens (tertiary/aromatic N) is 1. The Hall–Kier alpha value is -1.12. The van der Waals surface area contributed by atoms with E-state index in [1.807, 2.05) is 0 Å². The Morgan fingerprint density at radius 2 is 2.17 bits per heavy atom. The Bertz CT molecular complexity index is 506. The van der Waals surface area contributed by atoms with Gasteiger partial charge in [-0.25, -0.2) is 4.79 Å². The fourth-order valence-corrected chi connectivity index (χ4v) is 3.50. The van der Waals surface area contributed by atoms with Crippen molar-refractivity contribution < 1.29 is 22.7 Å². The zero-order chi connectivity index (χ0) is 17.7. The van der Waals surface area contributed by atoms with Crippen molar-refractivity contribution in [3.8, 4) is 0 Å². The average molecular weight is 348 g/mol. The topological polar surface area (TPSA) is 84.9 Å². The molecule has 0 saturated carbocycles. The van der Waals surface area contributed by atoms with Gasteiger partial charge < -0.3 is 9.47 Å². The number of hydrogen-bond acceptors (Lipinski definition) is 5. The number of carbonyl (C=O) groups excluding carboxylic acids is 1. The van der Waals surface area contributed by atoms with E-state index in [2.05, 4.69) is 11.3 Å². The molecular formula is C15H28N2O5S. The highest BCUT2D eigenvalue weighted by Gasteiger charge is 2.35. The molecule has 8 heteroatoms. The molecule has 23 heavy (non-hydrogen) atoms. The maximum absolute atomic E-state index is 12.6. The van der Waals surface area contributed by atoms with Crippen LogP contribution in [0.15, 0.2) is 12.7 Å². The summed E-state index contributed by atoms with van der Waals surface area (Å²) in [7, 11) is -4.02. The molecule has 0 radical (unpaired) electrons. The molecule has 2 atom stereocenters. The third-order valence-electron chi connectivity index (χ3n) is 3.15. The van der Waals surface area contributed by atoms with Crippen LogP contribution in [0.5, 0.6) is 0 Å². The lowest BCUT2D eigenvalue weighted by atomic mass is 10.2. The SMILES string of the molecule is C=CC[C@@H](C)NS(=O)(=O)N(C[C@@H]1CCCO1)C(=O)OC(C)(C)C. The number of amides is 1. The van der Waals surface area contributed by atoms with E-state index < -0.39 is 21.9 Å². The third kappa shape index (κ3) is 6.88. The van der Waals surface area contributed by atoms with Crippen LogP contribution in [0.2, 0.25) is 0 Å². The van der Waals surface area contributed by atoms with Crippen molar-refractivity contribution in [2.75, 3.05) is 13.2 Å². The summed E-state index contributed by atoms with van der Waals surface area (Å²) >= 11 is 0. The van der Waals surface area contributed by atoms with Crippen LogP contribution in [0.4, 0.5) is 4.79 Å². The summed E-state index contributed by atoms with van der Waals surface area (Å²) in [6, 6.07) is -0.369. The Morgan fingerprint density at radius 1 is 1.52 bits per heavy atom. The van der Waals surface area contributed by atoms with Gasteiger partial charge in [-0.05, 0) is 47.0 Å². The van der Waals surface area contributed by atoms with Gasteiger partial charge in [0.1, 0.15) is 5.60 Å². The summed E-state index contributed by atoms with van der Waals surface area (Å²) in [5.74, 6) is 0. The average Bonchev–Trinajstić information content (AvgIpc) is 2.85. The summed E-state index contributed by atoms with van der Waals surface area (Å²) < 4.78 is 39.0. The number of hydrogen-bond donors (Lipinski definition) is 1. The molecule has 1 aliphatic heterocycles. The van der Waals surface area contributed by atoms with E-state index in [-0.39, 0.29) is 18.7 Å². The van der Waals surface area contributed by atoms with Crippen molar-refractivity contribution in [1.82, 2.24) is 9.03 Å². The molecule has 0 aromatic heterocycles. The fourth-order valence-electron chi connectivity index (χ4n) is 2.17. The Morgan fingerprint density at radius 3 is 2.65 bits per heavy atom. The molecule has 1 fully saturated rings. The van der Waals surface area contributed by atoms with Crippen LogP contribution in [0.3, 0.4) is 0 Å². The first kappa shape index (κ1) is 19.9. The van der Waals surface area contributed by atoms with Crippen molar-refractivity contribution in [2.24, 2.45) is 0 Å². The van der Waals surface area contributed by atoms with Crippen LogP contribution in [0.25, 0.3) is 0 Å². The van der Waals surface area contributed by atoms with Gasteiger partial charge in [0, 0.05) is 12.6 Å². The van der Waals surface area contributed by atoms with Crippen LogP contribution in [0.1, 0.15) is 47.0 Å². The highest BCUT2D eigenvalue weighted by atomic mass is 32.2. The van der Waals surface area contributed by atoms with E-state index in [4.69, 9.17) is 9.47 Å². The third-order valence-corrected chi connectivity index (χ3v) is 4.73. The van der Waals surface area contributed by atoms with Crippen LogP contribution >= 0.6 is 0 Å². The number of rotatable bonds is 7. The first-order valence-electron chi connectivity index (χ1n) is 7.80. The van der Waals surface area contributed by atoms with Gasteiger partial charge in [0.25, 0.3) is 0 Å². The molecule has 1 saturated heterocycles. The Kier molecular flexibility index (Phi) is 7.03. The van der Waals surface area contributed by atoms with E-state index in [1.165, 1.54) is 0 Å². The molecule has 0 aromatic rings. The van der Waals surface area contributed by atoms with Crippen molar-refractivity contribution in [3.05, 3.63) is 12.7 Å². The molecule has 0 unspecified atom stereocenters. The van der Waals surface area contributed by atoms with E-state index >= 15 is 0 Å². The van der Waals surface area contributed by atoms with Gasteiger partial charge in [-0.3, -0.25) is 0 Å². The lowest BCUT2D eigenvalue weighted by molar-refractivity contribution is 0.0284. The predicted molar refractivity (Wildman–Crippen MR) is 88.2 cm³/mol. The monoisotopic (exact) mass is 348 g/mol. The summed E-state index contributed by atoms with van der Waals surface area (Å²) in [5, 5.41) is 0. The highest BCUT2D eigenvalue weighted by molar-refractivity contribution is 7.87. The van der Waals surface area contributed by atoms with Gasteiger partial charge >= 0.3 is 16.3 Å². The Balaban J connectivity index is 2.91. The number of ether oxygens (including phenoxy) is 2. The van der Waals surface area contributed by atoms with E-state index in [1.54, 1.807) is 33.8 Å². The van der Waals surface area contributed by atoms with E-state index in [9.17, 15) is 13.2 Å². The second-order valence-electron chi connectivity index (χ2n) is 6.69. The van der Waals surface area contributed by atoms with Gasteiger partial charge in [0.2, 0.25) is 0 Å². The van der Waals surface area contributed by atoms with Crippen molar-refractivity contribution in [1.29, 1.82) is 0 Å². The minimum Gasteiger partial charge on any atom is -0.443 e. The minimum atomic E-state index is -4.02. The van der Waals surface area contributed by atoms with Crippen LogP contribution in [-0.2, 0) is 19.7 Å². The van der Waals surface area contributed by atoms with Gasteiger partial charge in [0.15, 0.2) is 0 Å². The molecule has 7 nitrogen and oxygen atoms in total. The molecule has 1 rings (SSSR count). The quantitative estimate of drug-likeness (QED) is 0.713. The molecule has 1 amide bonds. The first-order chi connectivity index (χ1) is 10.5. The van der Waals surface area contributed by atoms with Gasteiger partial charge in [0.05, 0.1) is 12.6 Å². The molecule has 134 valence electrons. The van der Waals surface area contributed by atoms with Crippen LogP contribution in [-0.4, -0.2) is 49.7 Å². The number of nitrogens with one attached hydrogen (secondary N) is 1. The molecule has 1 aliphatic rings. The van der Waals surface area contributed by atoms with Crippen molar-refractivity contribution >= 4 is 16.3 Å². The molecular weight excluding hydrogens is 320 g/mol. The van der Waals surface area contributed by atoms with E-state index in [0.717, 1.165) is 17.1 Å². The summed E-state index contributed by atoms with van der Waals surface area (Å²) in [5.41, 5.74) is -0.784. The summed E-state index contributed by atoms with van der Waals surface area (Å²) in [6.45, 7) is 10.9. The van der Waals surface area contributed by atoms with Gasteiger partial charge in [-0.2, -0.15) is 17.4 Å². The summed E-state index contributed by atoms with van der Waals surface area (Å²) in [4.78, 5) is 12.3. The van der Waals surface area contributed by atoms with Crippen molar-refractivity contribution in [3.63, 3.8) is 0 Å². The fraction of sp³-hybridized carbons (Fsp3) is 0.800. The molecule has 1 N–H and O–H groups in total. The largest absolute Gasteiger partial charge is 0.443 e. The molecule has 0 spiro atoms. The smallest absolute Gasteiger partial charge is 0.425 e. The van der Waals surface area contributed by atoms with Gasteiger partial charge in [-0.1, -0.05) is 6.08 Å². The summed E-state index contributed by atoms with van der Waals surface area (Å²) in [6.07, 6.45) is 2.46. The second-order valence-corrected chi connectivity index (χ2v) is 8.32. The second kappa shape index (κ2) is 8.12. The molecule has 0 bridgehead atoms. The number of carbonyl (C=O) groups is 1. The lowest BCUT2D eigenvalue weighted by Crippen LogP contribution is -2.51. The predicted octanol–water partition coefficient (Wildman–Crippen LogP) is 2.20. The molecule has 0 aliphatic carbocycles. The Labute approximate surface area is 139 Å². The lowest BCUT2D eigenvalue weighted by Gasteiger charge is -2.29. The normalized spacial score (nSPS) is 20.1. The minimum absolute atomic E-state index is 0.0505. The van der Waals surface area contributed by atoms with Crippen LogP contribution in [0, 0.1) is 0 Å². The standard InChI is InChI=1S/C15H28N2O5S/c1-6-8-12(2)16-23(19,20)17(11-13-9-7-10-21-13)14(18)22-15(3,4)5/h6,12-13,16H,1,7-11H2,2-5H3/t12-,13+/m1/s1. The van der Waals surface area contributed by atoms with E-state index in [0.29, 0.717) is 13.0 Å². The molecule has 0 aromatic carbocycles. The maximum atomic E-state index is 12.6. The van der Waals surface area contributed by atoms with Crippen molar-refractivity contribution in [2.45, 2.75) is 64.7 Å². The zero-order valence-corrected chi connectivity index (χ0v) is 15.2. The van der Waals surface area contributed by atoms with Gasteiger partial charge in [-0.15, -0.1) is 6.58 Å². The first-order valence-corrected chi connectivity index (χ1v) is 9.24. The zero-order valence-electron chi connectivity index (χ0n) is 14.4. The maximum Gasteiger partial charge on any atom is 0.425 e. The van der Waals surface area contributed by atoms with Crippen LogP contribution < -0.4 is 4.72 Å².